The van der Waals surface area contributed by atoms with Crippen LogP contribution in [-0.2, 0) is 21.4 Å². The zero-order chi connectivity index (χ0) is 17.4. The first-order valence-corrected chi connectivity index (χ1v) is 10.2. The third-order valence-electron chi connectivity index (χ3n) is 6.47. The summed E-state index contributed by atoms with van der Waals surface area (Å²) in [5.41, 5.74) is 3.12. The molecule has 1 aromatic carbocycles. The molecule has 2 aliphatic carbocycles. The van der Waals surface area contributed by atoms with E-state index in [0.717, 1.165) is 42.8 Å². The number of halogens is 2. The molecular formula is C21H29Cl2NO2. The molecule has 1 aromatic rings. The summed E-state index contributed by atoms with van der Waals surface area (Å²) >= 11 is 6.68. The van der Waals surface area contributed by atoms with Gasteiger partial charge in [0.05, 0.1) is 5.41 Å². The third-order valence-corrected chi connectivity index (χ3v) is 6.80. The number of hydrogen-bond acceptors (Lipinski definition) is 3. The van der Waals surface area contributed by atoms with E-state index in [-0.39, 0.29) is 24.6 Å². The van der Waals surface area contributed by atoms with E-state index >= 15 is 0 Å². The molecule has 1 saturated heterocycles. The highest BCUT2D eigenvalue weighted by Gasteiger charge is 2.44. The second-order valence-corrected chi connectivity index (χ2v) is 8.60. The lowest BCUT2D eigenvalue weighted by molar-refractivity contribution is -0.156. The van der Waals surface area contributed by atoms with Crippen LogP contribution in [-0.4, -0.2) is 18.7 Å². The molecule has 5 heteroatoms. The number of ether oxygens (including phenoxy) is 1. The number of nitrogens with one attached hydrogen (secondary N) is 1. The monoisotopic (exact) mass is 397 g/mol. The molecule has 26 heavy (non-hydrogen) atoms. The normalized spacial score (nSPS) is 28.5. The minimum absolute atomic E-state index is 0. The summed E-state index contributed by atoms with van der Waals surface area (Å²) in [5, 5.41) is 4.09. The number of hydrogen-bond donors (Lipinski definition) is 1. The van der Waals surface area contributed by atoms with Gasteiger partial charge in [-0.3, -0.25) is 10.1 Å². The van der Waals surface area contributed by atoms with Crippen molar-refractivity contribution in [2.75, 3.05) is 6.54 Å². The van der Waals surface area contributed by atoms with Crippen LogP contribution in [0.2, 0.25) is 5.02 Å². The van der Waals surface area contributed by atoms with Crippen LogP contribution in [0.5, 0.6) is 0 Å². The maximum absolute atomic E-state index is 12.9. The highest BCUT2D eigenvalue weighted by Crippen LogP contribution is 2.45. The van der Waals surface area contributed by atoms with Gasteiger partial charge in [-0.2, -0.15) is 0 Å². The SMILES string of the molecule is CC1(C(=O)OC2CCCN2)CCc2cc(C3CCCCC3)c(Cl)cc21.Cl. The predicted octanol–water partition coefficient (Wildman–Crippen LogP) is 5.27. The molecule has 4 rings (SSSR count). The van der Waals surface area contributed by atoms with E-state index in [2.05, 4.69) is 17.4 Å². The molecule has 1 saturated carbocycles. The predicted molar refractivity (Wildman–Crippen MR) is 107 cm³/mol. The molecule has 1 heterocycles. The largest absolute Gasteiger partial charge is 0.446 e. The van der Waals surface area contributed by atoms with E-state index in [1.807, 2.05) is 6.92 Å². The Bertz CT molecular complexity index is 666. The van der Waals surface area contributed by atoms with Gasteiger partial charge in [0.15, 0.2) is 6.23 Å². The van der Waals surface area contributed by atoms with Crippen molar-refractivity contribution in [3.05, 3.63) is 33.8 Å². The number of carbonyl (C=O) groups excluding carboxylic acids is 1. The van der Waals surface area contributed by atoms with Crippen LogP contribution in [0.1, 0.15) is 80.9 Å². The lowest BCUT2D eigenvalue weighted by Crippen LogP contribution is -2.38. The smallest absolute Gasteiger partial charge is 0.317 e. The first-order valence-electron chi connectivity index (χ1n) is 9.85. The fourth-order valence-electron chi connectivity index (χ4n) is 4.83. The van der Waals surface area contributed by atoms with Crippen LogP contribution in [0, 0.1) is 0 Å². The van der Waals surface area contributed by atoms with Crippen molar-refractivity contribution >= 4 is 30.0 Å². The molecule has 2 atom stereocenters. The first kappa shape index (κ1) is 20.0. The van der Waals surface area contributed by atoms with Crippen LogP contribution >= 0.6 is 24.0 Å². The van der Waals surface area contributed by atoms with Crippen molar-refractivity contribution in [2.24, 2.45) is 0 Å². The number of aryl methyl sites for hydroxylation is 1. The maximum Gasteiger partial charge on any atom is 0.317 e. The Labute approximate surface area is 167 Å². The zero-order valence-electron chi connectivity index (χ0n) is 15.5. The number of fused-ring (bicyclic) bond motifs is 1. The van der Waals surface area contributed by atoms with Gasteiger partial charge in [0.25, 0.3) is 0 Å². The van der Waals surface area contributed by atoms with Crippen molar-refractivity contribution < 1.29 is 9.53 Å². The quantitative estimate of drug-likeness (QED) is 0.706. The summed E-state index contributed by atoms with van der Waals surface area (Å²) in [6.45, 7) is 2.95. The summed E-state index contributed by atoms with van der Waals surface area (Å²) in [4.78, 5) is 12.9. The Balaban J connectivity index is 0.00000196. The van der Waals surface area contributed by atoms with E-state index in [1.54, 1.807) is 0 Å². The molecule has 144 valence electrons. The Hall–Kier alpha value is -0.770. The van der Waals surface area contributed by atoms with Crippen molar-refractivity contribution in [1.29, 1.82) is 0 Å². The van der Waals surface area contributed by atoms with E-state index in [4.69, 9.17) is 16.3 Å². The summed E-state index contributed by atoms with van der Waals surface area (Å²) < 4.78 is 5.75. The lowest BCUT2D eigenvalue weighted by atomic mass is 9.80. The van der Waals surface area contributed by atoms with Gasteiger partial charge in [0.2, 0.25) is 0 Å². The second-order valence-electron chi connectivity index (χ2n) is 8.19. The minimum Gasteiger partial charge on any atom is -0.446 e. The zero-order valence-corrected chi connectivity index (χ0v) is 17.1. The third kappa shape index (κ3) is 3.63. The first-order chi connectivity index (χ1) is 12.1. The van der Waals surface area contributed by atoms with Gasteiger partial charge in [-0.15, -0.1) is 12.4 Å². The van der Waals surface area contributed by atoms with Gasteiger partial charge in [0.1, 0.15) is 0 Å². The van der Waals surface area contributed by atoms with E-state index in [0.29, 0.717) is 5.92 Å². The summed E-state index contributed by atoms with van der Waals surface area (Å²) in [6.07, 6.45) is 10.1. The highest BCUT2D eigenvalue weighted by molar-refractivity contribution is 6.31. The Kier molecular flexibility index (Phi) is 6.21. The lowest BCUT2D eigenvalue weighted by Gasteiger charge is -2.27. The van der Waals surface area contributed by atoms with Gasteiger partial charge in [-0.05, 0) is 80.7 Å². The topological polar surface area (TPSA) is 38.3 Å². The molecule has 2 unspecified atom stereocenters. The summed E-state index contributed by atoms with van der Waals surface area (Å²) in [5.74, 6) is 0.486. The van der Waals surface area contributed by atoms with E-state index < -0.39 is 5.41 Å². The molecule has 1 aliphatic heterocycles. The molecule has 3 aliphatic rings. The van der Waals surface area contributed by atoms with Gasteiger partial charge < -0.3 is 4.74 Å². The molecule has 0 radical (unpaired) electrons. The van der Waals surface area contributed by atoms with E-state index in [9.17, 15) is 4.79 Å². The van der Waals surface area contributed by atoms with Crippen LogP contribution in [0.4, 0.5) is 0 Å². The van der Waals surface area contributed by atoms with Crippen molar-refractivity contribution in [3.63, 3.8) is 0 Å². The van der Waals surface area contributed by atoms with Gasteiger partial charge in [-0.1, -0.05) is 36.9 Å². The molecule has 1 N–H and O–H groups in total. The second kappa shape index (κ2) is 8.08. The van der Waals surface area contributed by atoms with Gasteiger partial charge in [0, 0.05) is 5.02 Å². The average Bonchev–Trinajstić information content (AvgIpc) is 3.24. The van der Waals surface area contributed by atoms with Crippen LogP contribution < -0.4 is 5.32 Å². The van der Waals surface area contributed by atoms with Crippen molar-refractivity contribution in [3.8, 4) is 0 Å². The number of rotatable bonds is 3. The van der Waals surface area contributed by atoms with Crippen LogP contribution in [0.15, 0.2) is 12.1 Å². The number of benzene rings is 1. The molecular weight excluding hydrogens is 369 g/mol. The van der Waals surface area contributed by atoms with Gasteiger partial charge in [-0.25, -0.2) is 0 Å². The van der Waals surface area contributed by atoms with Crippen LogP contribution in [0.25, 0.3) is 0 Å². The molecule has 0 spiro atoms. The fraction of sp³-hybridized carbons (Fsp3) is 0.667. The fourth-order valence-corrected chi connectivity index (χ4v) is 5.15. The van der Waals surface area contributed by atoms with Gasteiger partial charge >= 0.3 is 5.97 Å². The number of carbonyl (C=O) groups is 1. The molecule has 0 aromatic heterocycles. The Morgan fingerprint density at radius 3 is 2.65 bits per heavy atom. The minimum atomic E-state index is -0.561. The Morgan fingerprint density at radius 2 is 1.96 bits per heavy atom. The molecule has 3 nitrogen and oxygen atoms in total. The summed E-state index contributed by atoms with van der Waals surface area (Å²) in [6, 6.07) is 4.36. The molecule has 0 bridgehead atoms. The summed E-state index contributed by atoms with van der Waals surface area (Å²) in [7, 11) is 0. The van der Waals surface area contributed by atoms with Crippen molar-refractivity contribution in [2.45, 2.75) is 82.3 Å². The highest BCUT2D eigenvalue weighted by atomic mass is 35.5. The van der Waals surface area contributed by atoms with Crippen LogP contribution in [0.3, 0.4) is 0 Å². The maximum atomic E-state index is 12.9. The van der Waals surface area contributed by atoms with E-state index in [1.165, 1.54) is 43.2 Å². The Morgan fingerprint density at radius 1 is 1.19 bits per heavy atom. The molecule has 0 amide bonds. The standard InChI is InChI=1S/C21H28ClNO2.ClH/c1-21(20(24)25-19-8-5-11-23-19)10-9-15-12-16(18(22)13-17(15)21)14-6-3-2-4-7-14;/h12-14,19,23H,2-11H2,1H3;1H. The average molecular weight is 398 g/mol. The molecule has 2 fully saturated rings. The number of esters is 1. The van der Waals surface area contributed by atoms with Crippen molar-refractivity contribution in [1.82, 2.24) is 5.32 Å².